The number of rotatable bonds is 4. The van der Waals surface area contributed by atoms with Crippen molar-refractivity contribution in [1.82, 2.24) is 5.32 Å². The molecule has 0 atom stereocenters. The van der Waals surface area contributed by atoms with Crippen molar-refractivity contribution in [2.45, 2.75) is 44.9 Å². The van der Waals surface area contributed by atoms with Crippen LogP contribution in [0, 0.1) is 16.7 Å². The van der Waals surface area contributed by atoms with Gasteiger partial charge in [-0.25, -0.2) is 0 Å². The highest BCUT2D eigenvalue weighted by Gasteiger charge is 2.42. The molecule has 0 radical (unpaired) electrons. The molecule has 1 saturated carbocycles. The molecule has 0 unspecified atom stereocenters. The Labute approximate surface area is 141 Å². The van der Waals surface area contributed by atoms with Crippen LogP contribution < -0.4 is 5.32 Å². The molecule has 1 aromatic rings. The third kappa shape index (κ3) is 3.24. The fraction of sp³-hybridized carbons (Fsp3) is 0.529. The molecule has 0 aromatic heterocycles. The molecule has 3 nitrogen and oxygen atoms in total. The molecule has 1 aromatic carbocycles. The van der Waals surface area contributed by atoms with Crippen LogP contribution in [-0.2, 0) is 10.2 Å². The summed E-state index contributed by atoms with van der Waals surface area (Å²) in [4.78, 5) is 12.4. The largest absolute Gasteiger partial charge is 0.354 e. The molecule has 22 heavy (non-hydrogen) atoms. The number of hydrogen-bond donors (Lipinski definition) is 1. The second-order valence-electron chi connectivity index (χ2n) is 6.56. The molecule has 1 fully saturated rings. The first-order chi connectivity index (χ1) is 10.3. The van der Waals surface area contributed by atoms with Gasteiger partial charge in [0.2, 0.25) is 5.91 Å². The zero-order valence-electron chi connectivity index (χ0n) is 12.9. The lowest BCUT2D eigenvalue weighted by molar-refractivity contribution is -0.128. The maximum atomic E-state index is 12.4. The highest BCUT2D eigenvalue weighted by atomic mass is 35.5. The molecule has 118 valence electrons. The van der Waals surface area contributed by atoms with Gasteiger partial charge >= 0.3 is 0 Å². The van der Waals surface area contributed by atoms with E-state index in [1.54, 1.807) is 18.2 Å². The van der Waals surface area contributed by atoms with Gasteiger partial charge in [0.1, 0.15) is 5.41 Å². The second kappa shape index (κ2) is 6.48. The monoisotopic (exact) mass is 338 g/mol. The third-order valence-electron chi connectivity index (χ3n) is 4.44. The number of hydrogen-bond acceptors (Lipinski definition) is 2. The fourth-order valence-electron chi connectivity index (χ4n) is 3.07. The standard InChI is InChI=1S/C17H20Cl2N2O/c1-16(2,14-12(18)6-5-7-13(14)19)11-21-15(22)17(10-20)8-3-4-9-17/h5-7H,3-4,8-9,11H2,1-2H3,(H,21,22). The minimum Gasteiger partial charge on any atom is -0.354 e. The van der Waals surface area contributed by atoms with E-state index in [0.717, 1.165) is 18.4 Å². The average Bonchev–Trinajstić information content (AvgIpc) is 2.94. The van der Waals surface area contributed by atoms with Gasteiger partial charge in [-0.15, -0.1) is 0 Å². The Bertz CT molecular complexity index is 593. The van der Waals surface area contributed by atoms with Crippen molar-refractivity contribution < 1.29 is 4.79 Å². The van der Waals surface area contributed by atoms with E-state index in [4.69, 9.17) is 23.2 Å². The molecule has 1 aliphatic carbocycles. The van der Waals surface area contributed by atoms with E-state index < -0.39 is 10.8 Å². The van der Waals surface area contributed by atoms with Crippen molar-refractivity contribution in [2.24, 2.45) is 5.41 Å². The molecule has 0 bridgehead atoms. The van der Waals surface area contributed by atoms with E-state index in [9.17, 15) is 10.1 Å². The van der Waals surface area contributed by atoms with Gasteiger partial charge in [0, 0.05) is 22.0 Å². The van der Waals surface area contributed by atoms with Crippen LogP contribution >= 0.6 is 23.2 Å². The number of carbonyl (C=O) groups is 1. The molecule has 1 aliphatic rings. The van der Waals surface area contributed by atoms with Crippen molar-refractivity contribution in [3.63, 3.8) is 0 Å². The van der Waals surface area contributed by atoms with E-state index >= 15 is 0 Å². The number of benzene rings is 1. The third-order valence-corrected chi connectivity index (χ3v) is 5.07. The first kappa shape index (κ1) is 17.1. The zero-order valence-corrected chi connectivity index (χ0v) is 14.4. The van der Waals surface area contributed by atoms with Crippen LogP contribution in [0.2, 0.25) is 10.0 Å². The van der Waals surface area contributed by atoms with E-state index in [2.05, 4.69) is 11.4 Å². The predicted molar refractivity (Wildman–Crippen MR) is 89.0 cm³/mol. The van der Waals surface area contributed by atoms with Gasteiger partial charge in [0.05, 0.1) is 6.07 Å². The molecule has 0 saturated heterocycles. The molecule has 2 rings (SSSR count). The molecule has 5 heteroatoms. The molecule has 0 heterocycles. The lowest BCUT2D eigenvalue weighted by Gasteiger charge is -2.29. The topological polar surface area (TPSA) is 52.9 Å². The number of nitrogens with one attached hydrogen (secondary N) is 1. The minimum atomic E-state index is -0.861. The van der Waals surface area contributed by atoms with Crippen LogP contribution in [0.3, 0.4) is 0 Å². The van der Waals surface area contributed by atoms with Crippen LogP contribution in [0.1, 0.15) is 45.1 Å². The number of nitrogens with zero attached hydrogens (tertiary/aromatic N) is 1. The summed E-state index contributed by atoms with van der Waals surface area (Å²) in [6, 6.07) is 7.59. The number of halogens is 2. The summed E-state index contributed by atoms with van der Waals surface area (Å²) in [5, 5.41) is 13.5. The summed E-state index contributed by atoms with van der Waals surface area (Å²) in [7, 11) is 0. The van der Waals surface area contributed by atoms with Gasteiger partial charge in [-0.1, -0.05) is 56.0 Å². The van der Waals surface area contributed by atoms with Crippen molar-refractivity contribution in [2.75, 3.05) is 6.54 Å². The summed E-state index contributed by atoms with van der Waals surface area (Å²) >= 11 is 12.5. The van der Waals surface area contributed by atoms with E-state index in [-0.39, 0.29) is 5.91 Å². The quantitative estimate of drug-likeness (QED) is 0.880. The van der Waals surface area contributed by atoms with E-state index in [1.165, 1.54) is 0 Å². The normalized spacial score (nSPS) is 17.0. The van der Waals surface area contributed by atoms with Crippen molar-refractivity contribution >= 4 is 29.1 Å². The Morgan fingerprint density at radius 1 is 1.32 bits per heavy atom. The molecule has 1 amide bonds. The van der Waals surface area contributed by atoms with Gasteiger partial charge in [-0.2, -0.15) is 5.26 Å². The first-order valence-electron chi connectivity index (χ1n) is 7.46. The fourth-order valence-corrected chi connectivity index (χ4v) is 3.98. The maximum absolute atomic E-state index is 12.4. The molecule has 0 aliphatic heterocycles. The Kier molecular flexibility index (Phi) is 5.04. The average molecular weight is 339 g/mol. The van der Waals surface area contributed by atoms with Gasteiger partial charge in [0.25, 0.3) is 0 Å². The van der Waals surface area contributed by atoms with Gasteiger partial charge in [0.15, 0.2) is 0 Å². The van der Waals surface area contributed by atoms with Crippen LogP contribution in [0.25, 0.3) is 0 Å². The minimum absolute atomic E-state index is 0.177. The van der Waals surface area contributed by atoms with Gasteiger partial charge < -0.3 is 5.32 Å². The van der Waals surface area contributed by atoms with Crippen LogP contribution in [0.15, 0.2) is 18.2 Å². The Morgan fingerprint density at radius 3 is 2.36 bits per heavy atom. The summed E-state index contributed by atoms with van der Waals surface area (Å²) in [6.07, 6.45) is 3.15. The molecular weight excluding hydrogens is 319 g/mol. The van der Waals surface area contributed by atoms with Crippen molar-refractivity contribution in [3.05, 3.63) is 33.8 Å². The van der Waals surface area contributed by atoms with E-state index in [0.29, 0.717) is 29.4 Å². The molecule has 1 N–H and O–H groups in total. The molecule has 0 spiro atoms. The summed E-state index contributed by atoms with van der Waals surface area (Å²) in [5.41, 5.74) is -0.461. The highest BCUT2D eigenvalue weighted by molar-refractivity contribution is 6.36. The SMILES string of the molecule is CC(C)(CNC(=O)C1(C#N)CCCC1)c1c(Cl)cccc1Cl. The highest BCUT2D eigenvalue weighted by Crippen LogP contribution is 2.39. The molecular formula is C17H20Cl2N2O. The number of amides is 1. The summed E-state index contributed by atoms with van der Waals surface area (Å²) < 4.78 is 0. The Morgan fingerprint density at radius 2 is 1.86 bits per heavy atom. The smallest absolute Gasteiger partial charge is 0.240 e. The summed E-state index contributed by atoms with van der Waals surface area (Å²) in [5.74, 6) is -0.177. The maximum Gasteiger partial charge on any atom is 0.240 e. The summed E-state index contributed by atoms with van der Waals surface area (Å²) in [6.45, 7) is 4.35. The van der Waals surface area contributed by atoms with Crippen molar-refractivity contribution in [3.8, 4) is 6.07 Å². The van der Waals surface area contributed by atoms with E-state index in [1.807, 2.05) is 13.8 Å². The van der Waals surface area contributed by atoms with Crippen LogP contribution in [0.5, 0.6) is 0 Å². The number of carbonyl (C=O) groups excluding carboxylic acids is 1. The van der Waals surface area contributed by atoms with Crippen molar-refractivity contribution in [1.29, 1.82) is 5.26 Å². The predicted octanol–water partition coefficient (Wildman–Crippen LogP) is 4.47. The Hall–Kier alpha value is -1.24. The zero-order chi connectivity index (χ0) is 16.4. The van der Waals surface area contributed by atoms with Crippen LogP contribution in [0.4, 0.5) is 0 Å². The van der Waals surface area contributed by atoms with Gasteiger partial charge in [-0.05, 0) is 30.5 Å². The lowest BCUT2D eigenvalue weighted by atomic mass is 9.83. The lowest BCUT2D eigenvalue weighted by Crippen LogP contribution is -2.44. The van der Waals surface area contributed by atoms with Crippen LogP contribution in [-0.4, -0.2) is 12.5 Å². The van der Waals surface area contributed by atoms with Gasteiger partial charge in [-0.3, -0.25) is 4.79 Å². The number of nitriles is 1. The first-order valence-corrected chi connectivity index (χ1v) is 8.22. The Balaban J connectivity index is 2.13. The second-order valence-corrected chi connectivity index (χ2v) is 7.38.